The lowest BCUT2D eigenvalue weighted by molar-refractivity contribution is -0.145. The Bertz CT molecular complexity index is 1330. The molecule has 2 heterocycles. The molecule has 0 aliphatic carbocycles. The Morgan fingerprint density at radius 3 is 2.74 bits per heavy atom. The summed E-state index contributed by atoms with van der Waals surface area (Å²) in [5.41, 5.74) is 1.12. The molecule has 0 spiro atoms. The molecule has 0 saturated carbocycles. The lowest BCUT2D eigenvalue weighted by atomic mass is 10.2. The van der Waals surface area contributed by atoms with Gasteiger partial charge in [-0.2, -0.15) is 4.98 Å². The van der Waals surface area contributed by atoms with Gasteiger partial charge in [0.25, 0.3) is 15.9 Å². The van der Waals surface area contributed by atoms with Crippen LogP contribution in [-0.4, -0.2) is 51.1 Å². The first-order valence-corrected chi connectivity index (χ1v) is 11.8. The minimum atomic E-state index is -3.58. The summed E-state index contributed by atoms with van der Waals surface area (Å²) in [6.07, 6.45) is 0.475. The number of sulfonamides is 1. The van der Waals surface area contributed by atoms with Gasteiger partial charge in [0.1, 0.15) is 17.3 Å². The number of esters is 1. The third kappa shape index (κ3) is 5.01. The van der Waals surface area contributed by atoms with Crippen LogP contribution in [0, 0.1) is 0 Å². The highest BCUT2D eigenvalue weighted by atomic mass is 32.2. The molecule has 34 heavy (non-hydrogen) atoms. The molecule has 1 aliphatic rings. The highest BCUT2D eigenvalue weighted by Gasteiger charge is 2.29. The smallest absolute Gasteiger partial charge is 0.306 e. The number of carbonyl (C=O) groups excluding carboxylic acids is 1. The van der Waals surface area contributed by atoms with Crippen LogP contribution >= 0.6 is 0 Å². The maximum absolute atomic E-state index is 12.1. The summed E-state index contributed by atoms with van der Waals surface area (Å²) in [7, 11) is -0.511. The second-order valence-electron chi connectivity index (χ2n) is 7.17. The van der Waals surface area contributed by atoms with Gasteiger partial charge in [-0.05, 0) is 30.7 Å². The number of aliphatic imine (C=N–C) groups is 1. The van der Waals surface area contributed by atoms with Crippen molar-refractivity contribution < 1.29 is 31.9 Å². The SMILES string of the molecule is COc1ccc(-c2noc(COC(=O)CCCN=C3NS(=O)(=O)c4ccccc43)n2)c(OC)c1. The van der Waals surface area contributed by atoms with E-state index in [1.54, 1.807) is 43.5 Å². The number of fused-ring (bicyclic) bond motifs is 1. The number of nitrogens with one attached hydrogen (secondary N) is 1. The summed E-state index contributed by atoms with van der Waals surface area (Å²) < 4.78 is 47.4. The maximum Gasteiger partial charge on any atom is 0.306 e. The third-order valence-corrected chi connectivity index (χ3v) is 6.34. The molecule has 0 amide bonds. The Hall–Kier alpha value is -3.93. The zero-order chi connectivity index (χ0) is 24.1. The molecule has 2 aromatic carbocycles. The van der Waals surface area contributed by atoms with E-state index in [-0.39, 0.29) is 36.2 Å². The van der Waals surface area contributed by atoms with Crippen molar-refractivity contribution in [3.8, 4) is 22.9 Å². The van der Waals surface area contributed by atoms with Gasteiger partial charge in [-0.25, -0.2) is 8.42 Å². The van der Waals surface area contributed by atoms with Crippen LogP contribution < -0.4 is 14.2 Å². The Balaban J connectivity index is 1.27. The van der Waals surface area contributed by atoms with Crippen molar-refractivity contribution in [3.05, 3.63) is 53.9 Å². The minimum Gasteiger partial charge on any atom is -0.497 e. The maximum atomic E-state index is 12.1. The van der Waals surface area contributed by atoms with Crippen molar-refractivity contribution >= 4 is 21.8 Å². The molecular formula is C22H22N4O7S. The molecule has 4 rings (SSSR count). The zero-order valence-corrected chi connectivity index (χ0v) is 19.3. The second kappa shape index (κ2) is 9.91. The molecule has 0 atom stereocenters. The van der Waals surface area contributed by atoms with Crippen LogP contribution in [-0.2, 0) is 26.2 Å². The number of amidine groups is 1. The number of hydrogen-bond donors (Lipinski definition) is 1. The number of hydrogen-bond acceptors (Lipinski definition) is 10. The first-order chi connectivity index (χ1) is 16.4. The van der Waals surface area contributed by atoms with E-state index in [1.807, 2.05) is 0 Å². The van der Waals surface area contributed by atoms with E-state index in [4.69, 9.17) is 18.7 Å². The Labute approximate surface area is 195 Å². The van der Waals surface area contributed by atoms with E-state index in [2.05, 4.69) is 19.9 Å². The van der Waals surface area contributed by atoms with Crippen LogP contribution in [0.1, 0.15) is 24.3 Å². The van der Waals surface area contributed by atoms with E-state index in [1.165, 1.54) is 13.2 Å². The fourth-order valence-corrected chi connectivity index (χ4v) is 4.54. The normalized spacial score (nSPS) is 14.9. The van der Waals surface area contributed by atoms with Gasteiger partial charge in [-0.1, -0.05) is 17.3 Å². The summed E-state index contributed by atoms with van der Waals surface area (Å²) in [5, 5.41) is 3.91. The number of carbonyl (C=O) groups is 1. The molecule has 11 nitrogen and oxygen atoms in total. The molecule has 0 bridgehead atoms. The third-order valence-electron chi connectivity index (χ3n) is 4.95. The van der Waals surface area contributed by atoms with Crippen molar-refractivity contribution in [2.24, 2.45) is 4.99 Å². The molecule has 0 fully saturated rings. The fourth-order valence-electron chi connectivity index (χ4n) is 3.29. The fraction of sp³-hybridized carbons (Fsp3) is 0.273. The number of rotatable bonds is 9. The summed E-state index contributed by atoms with van der Waals surface area (Å²) >= 11 is 0. The molecular weight excluding hydrogens is 464 g/mol. The topological polar surface area (TPSA) is 142 Å². The number of methoxy groups -OCH3 is 2. The van der Waals surface area contributed by atoms with Crippen molar-refractivity contribution in [2.75, 3.05) is 20.8 Å². The van der Waals surface area contributed by atoms with Crippen molar-refractivity contribution in [2.45, 2.75) is 24.3 Å². The van der Waals surface area contributed by atoms with Gasteiger partial charge < -0.3 is 18.7 Å². The largest absolute Gasteiger partial charge is 0.497 e. The van der Waals surface area contributed by atoms with Crippen LogP contribution in [0.25, 0.3) is 11.4 Å². The summed E-state index contributed by atoms with van der Waals surface area (Å²) in [6, 6.07) is 11.8. The van der Waals surface area contributed by atoms with E-state index in [0.29, 0.717) is 34.9 Å². The van der Waals surface area contributed by atoms with Gasteiger partial charge in [0.15, 0.2) is 6.61 Å². The molecule has 12 heteroatoms. The average molecular weight is 487 g/mol. The lowest BCUT2D eigenvalue weighted by Gasteiger charge is -2.07. The first kappa shape index (κ1) is 23.2. The van der Waals surface area contributed by atoms with Crippen LogP contribution in [0.3, 0.4) is 0 Å². The van der Waals surface area contributed by atoms with Crippen LogP contribution in [0.2, 0.25) is 0 Å². The van der Waals surface area contributed by atoms with Gasteiger partial charge in [0.2, 0.25) is 5.82 Å². The average Bonchev–Trinajstić information content (AvgIpc) is 3.42. The number of benzene rings is 2. The van der Waals surface area contributed by atoms with Crippen LogP contribution in [0.15, 0.2) is 56.9 Å². The highest BCUT2D eigenvalue weighted by molar-refractivity contribution is 7.90. The van der Waals surface area contributed by atoms with Crippen molar-refractivity contribution in [3.63, 3.8) is 0 Å². The molecule has 0 unspecified atom stereocenters. The van der Waals surface area contributed by atoms with Gasteiger partial charge in [0.05, 0.1) is 24.7 Å². The first-order valence-electron chi connectivity index (χ1n) is 10.3. The number of ether oxygens (including phenoxy) is 3. The van der Waals surface area contributed by atoms with E-state index in [9.17, 15) is 13.2 Å². The second-order valence-corrected chi connectivity index (χ2v) is 8.82. The predicted molar refractivity (Wildman–Crippen MR) is 120 cm³/mol. The summed E-state index contributed by atoms with van der Waals surface area (Å²) in [5.74, 6) is 1.38. The Kier molecular flexibility index (Phi) is 6.77. The van der Waals surface area contributed by atoms with Crippen LogP contribution in [0.5, 0.6) is 11.5 Å². The molecule has 1 N–H and O–H groups in total. The summed E-state index contributed by atoms with van der Waals surface area (Å²) in [4.78, 5) is 20.8. The van der Waals surface area contributed by atoms with Gasteiger partial charge >= 0.3 is 5.97 Å². The van der Waals surface area contributed by atoms with Gasteiger partial charge in [-0.3, -0.25) is 14.5 Å². The zero-order valence-electron chi connectivity index (χ0n) is 18.5. The molecule has 3 aromatic rings. The van der Waals surface area contributed by atoms with E-state index in [0.717, 1.165) is 0 Å². The van der Waals surface area contributed by atoms with Gasteiger partial charge in [0, 0.05) is 24.6 Å². The Morgan fingerprint density at radius 1 is 1.12 bits per heavy atom. The number of nitrogens with zero attached hydrogens (tertiary/aromatic N) is 3. The van der Waals surface area contributed by atoms with E-state index < -0.39 is 16.0 Å². The van der Waals surface area contributed by atoms with E-state index >= 15 is 0 Å². The quantitative estimate of drug-likeness (QED) is 0.356. The Morgan fingerprint density at radius 2 is 1.94 bits per heavy atom. The van der Waals surface area contributed by atoms with Crippen molar-refractivity contribution in [1.82, 2.24) is 14.9 Å². The highest BCUT2D eigenvalue weighted by Crippen LogP contribution is 2.31. The standard InChI is InChI=1S/C22H22N4O7S/c1-30-14-9-10-15(17(12-14)31-2)22-24-19(33-25-22)13-32-20(27)8-5-11-23-21-16-6-3-4-7-18(16)34(28,29)26-21/h3-4,6-7,9-10,12H,5,8,11,13H2,1-2H3,(H,23,26). The molecule has 0 radical (unpaired) electrons. The monoisotopic (exact) mass is 486 g/mol. The summed E-state index contributed by atoms with van der Waals surface area (Å²) in [6.45, 7) is 0.0786. The molecule has 0 saturated heterocycles. The minimum absolute atomic E-state index is 0.0957. The number of aromatic nitrogens is 2. The lowest BCUT2D eigenvalue weighted by Crippen LogP contribution is -2.22. The predicted octanol–water partition coefficient (Wildman–Crippen LogP) is 2.32. The van der Waals surface area contributed by atoms with Crippen molar-refractivity contribution in [1.29, 1.82) is 0 Å². The molecule has 1 aliphatic heterocycles. The molecule has 1 aromatic heterocycles. The van der Waals surface area contributed by atoms with Gasteiger partial charge in [-0.15, -0.1) is 0 Å². The van der Waals surface area contributed by atoms with Crippen LogP contribution in [0.4, 0.5) is 0 Å². The molecule has 178 valence electrons.